The van der Waals surface area contributed by atoms with Gasteiger partial charge in [-0.25, -0.2) is 9.97 Å². The van der Waals surface area contributed by atoms with E-state index >= 15 is 0 Å². The van der Waals surface area contributed by atoms with Crippen LogP contribution in [0, 0.1) is 0 Å². The highest BCUT2D eigenvalue weighted by Crippen LogP contribution is 2.43. The smallest absolute Gasteiger partial charge is 0.227 e. The highest BCUT2D eigenvalue weighted by Gasteiger charge is 2.28. The number of halogens is 1. The zero-order chi connectivity index (χ0) is 21.2. The van der Waals surface area contributed by atoms with Gasteiger partial charge >= 0.3 is 0 Å². The largest absolute Gasteiger partial charge is 0.396 e. The number of aromatic nitrogens is 2. The van der Waals surface area contributed by atoms with E-state index < -0.39 is 0 Å². The molecule has 4 aromatic rings. The number of fused-ring (bicyclic) bond motifs is 3. The van der Waals surface area contributed by atoms with Crippen molar-refractivity contribution < 1.29 is 5.11 Å². The van der Waals surface area contributed by atoms with Gasteiger partial charge < -0.3 is 10.4 Å². The van der Waals surface area contributed by atoms with Gasteiger partial charge in [0.2, 0.25) is 5.95 Å². The third kappa shape index (κ3) is 3.92. The molecule has 1 aliphatic rings. The number of anilines is 2. The summed E-state index contributed by atoms with van der Waals surface area (Å²) in [5, 5.41) is 13.2. The molecule has 0 unspecified atom stereocenters. The van der Waals surface area contributed by atoms with Crippen molar-refractivity contribution in [2.75, 3.05) is 11.9 Å². The van der Waals surface area contributed by atoms with Gasteiger partial charge in [0.25, 0.3) is 0 Å². The fraction of sp³-hybridized carbons (Fsp3) is 0.154. The van der Waals surface area contributed by atoms with Crippen LogP contribution in [0.1, 0.15) is 28.2 Å². The minimum absolute atomic E-state index is 0.148. The Labute approximate surface area is 186 Å². The third-order valence-electron chi connectivity index (χ3n) is 5.77. The molecule has 0 saturated carbocycles. The van der Waals surface area contributed by atoms with E-state index in [9.17, 15) is 0 Å². The molecule has 5 heteroatoms. The van der Waals surface area contributed by atoms with Crippen molar-refractivity contribution >= 4 is 23.2 Å². The van der Waals surface area contributed by atoms with E-state index in [-0.39, 0.29) is 12.5 Å². The number of nitrogens with zero attached hydrogens (tertiary/aromatic N) is 2. The molecule has 5 rings (SSSR count). The summed E-state index contributed by atoms with van der Waals surface area (Å²) in [6.45, 7) is 0.148. The van der Waals surface area contributed by atoms with Crippen LogP contribution in [-0.4, -0.2) is 21.7 Å². The molecule has 0 radical (unpaired) electrons. The summed E-state index contributed by atoms with van der Waals surface area (Å²) in [6.07, 6.45) is 3.38. The van der Waals surface area contributed by atoms with Crippen LogP contribution in [0.15, 0.2) is 79.0 Å². The molecule has 3 aromatic carbocycles. The lowest BCUT2D eigenvalue weighted by molar-refractivity contribution is 0.299. The first-order valence-electron chi connectivity index (χ1n) is 10.4. The fourth-order valence-corrected chi connectivity index (χ4v) is 4.51. The number of aliphatic hydroxyl groups is 1. The predicted molar refractivity (Wildman–Crippen MR) is 125 cm³/mol. The predicted octanol–water partition coefficient (Wildman–Crippen LogP) is 5.76. The molecule has 154 valence electrons. The minimum atomic E-state index is 0.148. The van der Waals surface area contributed by atoms with Gasteiger partial charge in [0.15, 0.2) is 0 Å². The van der Waals surface area contributed by atoms with Crippen molar-refractivity contribution in [2.45, 2.75) is 18.8 Å². The molecule has 0 bridgehead atoms. The Morgan fingerprint density at radius 2 is 1.68 bits per heavy atom. The molecule has 1 aromatic heterocycles. The molecular weight excluding hydrogens is 406 g/mol. The van der Waals surface area contributed by atoms with Crippen LogP contribution in [0.3, 0.4) is 0 Å². The Morgan fingerprint density at radius 3 is 2.45 bits per heavy atom. The van der Waals surface area contributed by atoms with Gasteiger partial charge in [-0.3, -0.25) is 0 Å². The average Bonchev–Trinajstić information content (AvgIpc) is 2.81. The lowest BCUT2D eigenvalue weighted by Crippen LogP contribution is -2.15. The van der Waals surface area contributed by atoms with Gasteiger partial charge in [-0.1, -0.05) is 66.2 Å². The highest BCUT2D eigenvalue weighted by atomic mass is 35.5. The van der Waals surface area contributed by atoms with E-state index in [4.69, 9.17) is 21.7 Å². The van der Waals surface area contributed by atoms with Crippen LogP contribution in [0.4, 0.5) is 11.6 Å². The first kappa shape index (κ1) is 19.7. The van der Waals surface area contributed by atoms with Gasteiger partial charge in [-0.2, -0.15) is 0 Å². The van der Waals surface area contributed by atoms with Gasteiger partial charge in [0, 0.05) is 35.0 Å². The first-order valence-corrected chi connectivity index (χ1v) is 10.8. The molecule has 1 heterocycles. The van der Waals surface area contributed by atoms with Crippen molar-refractivity contribution in [3.05, 3.63) is 106 Å². The molecule has 0 spiro atoms. The maximum Gasteiger partial charge on any atom is 0.227 e. The van der Waals surface area contributed by atoms with E-state index in [1.165, 1.54) is 5.56 Å². The van der Waals surface area contributed by atoms with E-state index in [0.717, 1.165) is 45.1 Å². The van der Waals surface area contributed by atoms with Crippen LogP contribution in [0.5, 0.6) is 0 Å². The van der Waals surface area contributed by atoms with Crippen LogP contribution >= 0.6 is 11.6 Å². The molecule has 1 aliphatic carbocycles. The Balaban J connectivity index is 1.49. The van der Waals surface area contributed by atoms with E-state index in [1.54, 1.807) is 0 Å². The van der Waals surface area contributed by atoms with Crippen molar-refractivity contribution in [3.8, 4) is 11.3 Å². The van der Waals surface area contributed by atoms with Crippen molar-refractivity contribution in [2.24, 2.45) is 0 Å². The van der Waals surface area contributed by atoms with Crippen molar-refractivity contribution in [1.29, 1.82) is 0 Å². The van der Waals surface area contributed by atoms with E-state index in [0.29, 0.717) is 12.4 Å². The Hall–Kier alpha value is -3.21. The number of nitrogens with one attached hydrogen (secondary N) is 1. The summed E-state index contributed by atoms with van der Waals surface area (Å²) in [6, 6.07) is 24.4. The third-order valence-corrected chi connectivity index (χ3v) is 6.12. The first-order chi connectivity index (χ1) is 15.2. The molecular formula is C26H22ClN3O. The second-order valence-electron chi connectivity index (χ2n) is 7.73. The van der Waals surface area contributed by atoms with Crippen LogP contribution < -0.4 is 5.32 Å². The molecule has 2 N–H and O–H groups in total. The Morgan fingerprint density at radius 1 is 0.935 bits per heavy atom. The van der Waals surface area contributed by atoms with Crippen LogP contribution in [-0.2, 0) is 12.8 Å². The molecule has 31 heavy (non-hydrogen) atoms. The Kier molecular flexibility index (Phi) is 5.41. The molecule has 0 saturated heterocycles. The van der Waals surface area contributed by atoms with Gasteiger partial charge in [0.05, 0.1) is 5.69 Å². The van der Waals surface area contributed by atoms with Crippen molar-refractivity contribution in [3.63, 3.8) is 0 Å². The molecule has 0 fully saturated rings. The number of rotatable bonds is 5. The standard InChI is InChI=1S/C26H22ClN3O/c27-24-8-4-3-6-21(24)23-15-18-16-28-26(29-19-11-9-17(10-12-19)13-14-31)30-25(18)22-7-2-1-5-20(22)23/h1-12,16,23,31H,13-15H2,(H,28,29,30)/t23-/m0/s1. The Bertz CT molecular complexity index is 1220. The SMILES string of the molecule is OCCc1ccc(Nc2ncc3c(n2)-c2ccccc2[C@@H](c2ccccc2Cl)C3)cc1. The summed E-state index contributed by atoms with van der Waals surface area (Å²) in [4.78, 5) is 9.44. The second kappa shape index (κ2) is 8.50. The van der Waals surface area contributed by atoms with E-state index in [1.807, 2.05) is 54.7 Å². The number of benzene rings is 3. The summed E-state index contributed by atoms with van der Waals surface area (Å²) in [5.41, 5.74) is 7.59. The summed E-state index contributed by atoms with van der Waals surface area (Å²) in [7, 11) is 0. The molecule has 1 atom stereocenters. The minimum Gasteiger partial charge on any atom is -0.396 e. The summed E-state index contributed by atoms with van der Waals surface area (Å²) >= 11 is 6.54. The fourth-order valence-electron chi connectivity index (χ4n) is 4.24. The highest BCUT2D eigenvalue weighted by molar-refractivity contribution is 6.31. The van der Waals surface area contributed by atoms with Gasteiger partial charge in [-0.05, 0) is 53.3 Å². The zero-order valence-corrected chi connectivity index (χ0v) is 17.7. The lowest BCUT2D eigenvalue weighted by atomic mass is 9.78. The van der Waals surface area contributed by atoms with Crippen LogP contribution in [0.2, 0.25) is 5.02 Å². The van der Waals surface area contributed by atoms with Crippen LogP contribution in [0.25, 0.3) is 11.3 Å². The summed E-state index contributed by atoms with van der Waals surface area (Å²) < 4.78 is 0. The number of hydrogen-bond acceptors (Lipinski definition) is 4. The van der Waals surface area contributed by atoms with Crippen molar-refractivity contribution in [1.82, 2.24) is 9.97 Å². The number of hydrogen-bond donors (Lipinski definition) is 2. The maximum absolute atomic E-state index is 9.08. The number of aliphatic hydroxyl groups excluding tert-OH is 1. The molecule has 0 aliphatic heterocycles. The lowest BCUT2D eigenvalue weighted by Gasteiger charge is -2.28. The zero-order valence-electron chi connectivity index (χ0n) is 16.9. The quantitative estimate of drug-likeness (QED) is 0.425. The maximum atomic E-state index is 9.08. The van der Waals surface area contributed by atoms with Gasteiger partial charge in [-0.15, -0.1) is 0 Å². The topological polar surface area (TPSA) is 58.0 Å². The normalized spacial score (nSPS) is 14.6. The average molecular weight is 428 g/mol. The van der Waals surface area contributed by atoms with E-state index in [2.05, 4.69) is 34.6 Å². The molecule has 4 nitrogen and oxygen atoms in total. The monoisotopic (exact) mass is 427 g/mol. The molecule has 0 amide bonds. The van der Waals surface area contributed by atoms with Gasteiger partial charge in [0.1, 0.15) is 0 Å². The summed E-state index contributed by atoms with van der Waals surface area (Å²) in [5.74, 6) is 0.749. The second-order valence-corrected chi connectivity index (χ2v) is 8.14.